The van der Waals surface area contributed by atoms with E-state index in [-0.39, 0.29) is 5.54 Å². The van der Waals surface area contributed by atoms with Gasteiger partial charge in [0, 0.05) is 6.20 Å². The predicted octanol–water partition coefficient (Wildman–Crippen LogP) is 2.78. The van der Waals surface area contributed by atoms with E-state index >= 15 is 0 Å². The van der Waals surface area contributed by atoms with Crippen LogP contribution in [0.2, 0.25) is 5.02 Å². The number of hydrogen-bond donors (Lipinski definition) is 1. The Hall–Kier alpha value is -0.800. The van der Waals surface area contributed by atoms with Gasteiger partial charge in [0.2, 0.25) is 5.88 Å². The zero-order valence-corrected chi connectivity index (χ0v) is 10.0. The molecule has 4 heteroatoms. The van der Waals surface area contributed by atoms with Gasteiger partial charge in [0.1, 0.15) is 11.6 Å². The fourth-order valence-corrected chi connectivity index (χ4v) is 2.27. The van der Waals surface area contributed by atoms with Crippen LogP contribution in [0, 0.1) is 0 Å². The number of pyridine rings is 1. The molecule has 0 radical (unpaired) electrons. The smallest absolute Gasteiger partial charge is 0.232 e. The molecule has 0 saturated heterocycles. The van der Waals surface area contributed by atoms with E-state index in [2.05, 4.69) is 4.98 Å². The summed E-state index contributed by atoms with van der Waals surface area (Å²) >= 11 is 5.96. The second-order valence-corrected chi connectivity index (χ2v) is 4.91. The van der Waals surface area contributed by atoms with Crippen LogP contribution < -0.4 is 10.5 Å². The highest BCUT2D eigenvalue weighted by Gasteiger charge is 2.28. The number of hydrogen-bond acceptors (Lipinski definition) is 3. The fraction of sp³-hybridized carbons (Fsp3) is 0.583. The lowest BCUT2D eigenvalue weighted by atomic mass is 9.83. The maximum absolute atomic E-state index is 6.26. The van der Waals surface area contributed by atoms with Gasteiger partial charge in [-0.1, -0.05) is 30.9 Å². The number of ether oxygens (including phenoxy) is 1. The Balaban J connectivity index is 1.94. The Morgan fingerprint density at radius 3 is 2.81 bits per heavy atom. The minimum Gasteiger partial charge on any atom is -0.475 e. The molecule has 0 spiro atoms. The van der Waals surface area contributed by atoms with Crippen LogP contribution in [0.5, 0.6) is 5.88 Å². The van der Waals surface area contributed by atoms with Crippen molar-refractivity contribution in [3.05, 3.63) is 23.4 Å². The van der Waals surface area contributed by atoms with Gasteiger partial charge >= 0.3 is 0 Å². The third-order valence-corrected chi connectivity index (χ3v) is 3.36. The quantitative estimate of drug-likeness (QED) is 0.884. The van der Waals surface area contributed by atoms with Crippen LogP contribution in [0.4, 0.5) is 0 Å². The van der Waals surface area contributed by atoms with Gasteiger partial charge in [0.25, 0.3) is 0 Å². The van der Waals surface area contributed by atoms with Crippen molar-refractivity contribution in [1.82, 2.24) is 4.98 Å². The molecule has 0 aromatic carbocycles. The van der Waals surface area contributed by atoms with Gasteiger partial charge in [0.05, 0.1) is 5.54 Å². The summed E-state index contributed by atoms with van der Waals surface area (Å²) in [6.45, 7) is 0.504. The topological polar surface area (TPSA) is 48.1 Å². The largest absolute Gasteiger partial charge is 0.475 e. The molecular weight excluding hydrogens is 224 g/mol. The van der Waals surface area contributed by atoms with E-state index in [0.717, 1.165) is 12.8 Å². The van der Waals surface area contributed by atoms with Crippen molar-refractivity contribution in [1.29, 1.82) is 0 Å². The molecule has 1 aliphatic carbocycles. The zero-order valence-electron chi connectivity index (χ0n) is 9.29. The summed E-state index contributed by atoms with van der Waals surface area (Å²) in [5.41, 5.74) is 6.07. The average Bonchev–Trinajstić information content (AvgIpc) is 2.29. The van der Waals surface area contributed by atoms with E-state index in [1.54, 1.807) is 18.3 Å². The normalized spacial score (nSPS) is 19.4. The van der Waals surface area contributed by atoms with Gasteiger partial charge in [-0.25, -0.2) is 4.98 Å². The molecule has 2 N–H and O–H groups in total. The van der Waals surface area contributed by atoms with Crippen molar-refractivity contribution < 1.29 is 4.74 Å². The predicted molar refractivity (Wildman–Crippen MR) is 64.7 cm³/mol. The summed E-state index contributed by atoms with van der Waals surface area (Å²) in [6.07, 6.45) is 7.38. The molecule has 0 aliphatic heterocycles. The first-order valence-corrected chi connectivity index (χ1v) is 6.10. The minimum atomic E-state index is -0.195. The number of rotatable bonds is 3. The summed E-state index contributed by atoms with van der Waals surface area (Å²) in [7, 11) is 0. The lowest BCUT2D eigenvalue weighted by Gasteiger charge is -2.32. The molecular formula is C12H17ClN2O. The number of aromatic nitrogens is 1. The lowest BCUT2D eigenvalue weighted by molar-refractivity contribution is 0.169. The van der Waals surface area contributed by atoms with Gasteiger partial charge in [-0.05, 0) is 25.0 Å². The molecule has 16 heavy (non-hydrogen) atoms. The highest BCUT2D eigenvalue weighted by atomic mass is 35.5. The molecule has 1 aromatic rings. The Labute approximate surface area is 101 Å². The van der Waals surface area contributed by atoms with Crippen molar-refractivity contribution in [2.75, 3.05) is 6.61 Å². The summed E-state index contributed by atoms with van der Waals surface area (Å²) in [6, 6.07) is 3.56. The van der Waals surface area contributed by atoms with E-state index in [4.69, 9.17) is 22.1 Å². The van der Waals surface area contributed by atoms with Crippen LogP contribution in [0.25, 0.3) is 0 Å². The Morgan fingerprint density at radius 2 is 2.12 bits per heavy atom. The molecule has 88 valence electrons. The first kappa shape index (κ1) is 11.7. The average molecular weight is 241 g/mol. The maximum atomic E-state index is 6.26. The molecule has 0 atom stereocenters. The molecule has 1 aromatic heterocycles. The van der Waals surface area contributed by atoms with Crippen LogP contribution in [0.1, 0.15) is 32.1 Å². The van der Waals surface area contributed by atoms with Crippen molar-refractivity contribution in [2.45, 2.75) is 37.6 Å². The van der Waals surface area contributed by atoms with Gasteiger partial charge in [-0.3, -0.25) is 0 Å². The summed E-state index contributed by atoms with van der Waals surface area (Å²) in [5.74, 6) is 0.486. The zero-order chi connectivity index (χ0) is 11.4. The Bertz CT molecular complexity index is 351. The fourth-order valence-electron chi connectivity index (χ4n) is 2.09. The monoisotopic (exact) mass is 240 g/mol. The third kappa shape index (κ3) is 2.86. The van der Waals surface area contributed by atoms with Crippen molar-refractivity contribution in [3.63, 3.8) is 0 Å². The van der Waals surface area contributed by atoms with Crippen molar-refractivity contribution in [2.24, 2.45) is 5.73 Å². The van der Waals surface area contributed by atoms with Gasteiger partial charge in [-0.15, -0.1) is 0 Å². The molecule has 1 aliphatic rings. The van der Waals surface area contributed by atoms with Gasteiger partial charge in [-0.2, -0.15) is 0 Å². The summed E-state index contributed by atoms with van der Waals surface area (Å²) < 4.78 is 5.61. The van der Waals surface area contributed by atoms with Gasteiger partial charge < -0.3 is 10.5 Å². The Morgan fingerprint density at radius 1 is 1.38 bits per heavy atom. The number of nitrogens with zero attached hydrogens (tertiary/aromatic N) is 1. The van der Waals surface area contributed by atoms with E-state index in [9.17, 15) is 0 Å². The number of halogens is 1. The van der Waals surface area contributed by atoms with Crippen LogP contribution in [0.15, 0.2) is 18.3 Å². The maximum Gasteiger partial charge on any atom is 0.232 e. The molecule has 0 unspecified atom stereocenters. The lowest BCUT2D eigenvalue weighted by Crippen LogP contribution is -2.47. The highest BCUT2D eigenvalue weighted by molar-refractivity contribution is 6.31. The van der Waals surface area contributed by atoms with E-state index in [1.165, 1.54) is 19.3 Å². The van der Waals surface area contributed by atoms with Gasteiger partial charge in [0.15, 0.2) is 0 Å². The molecule has 1 heterocycles. The Kier molecular flexibility index (Phi) is 3.66. The first-order valence-electron chi connectivity index (χ1n) is 5.72. The van der Waals surface area contributed by atoms with E-state index < -0.39 is 0 Å². The van der Waals surface area contributed by atoms with Crippen LogP contribution >= 0.6 is 11.6 Å². The SMILES string of the molecule is NC1(COc2ncccc2Cl)CCCCC1. The molecule has 1 fully saturated rings. The molecule has 3 nitrogen and oxygen atoms in total. The van der Waals surface area contributed by atoms with Crippen LogP contribution in [-0.4, -0.2) is 17.1 Å². The standard InChI is InChI=1S/C12H17ClN2O/c13-10-5-4-8-15-11(10)16-9-12(14)6-2-1-3-7-12/h4-5,8H,1-3,6-7,9,14H2. The molecule has 0 amide bonds. The third-order valence-electron chi connectivity index (χ3n) is 3.07. The molecule has 1 saturated carbocycles. The van der Waals surface area contributed by atoms with E-state index in [0.29, 0.717) is 17.5 Å². The number of nitrogens with two attached hydrogens (primary N) is 1. The second-order valence-electron chi connectivity index (χ2n) is 4.50. The molecule has 2 rings (SSSR count). The highest BCUT2D eigenvalue weighted by Crippen LogP contribution is 2.28. The minimum absolute atomic E-state index is 0.195. The second kappa shape index (κ2) is 5.02. The van der Waals surface area contributed by atoms with Crippen LogP contribution in [-0.2, 0) is 0 Å². The first-order chi connectivity index (χ1) is 7.70. The van der Waals surface area contributed by atoms with Crippen molar-refractivity contribution in [3.8, 4) is 5.88 Å². The van der Waals surface area contributed by atoms with Crippen LogP contribution in [0.3, 0.4) is 0 Å². The summed E-state index contributed by atoms with van der Waals surface area (Å²) in [5, 5.41) is 0.543. The molecule has 0 bridgehead atoms. The summed E-state index contributed by atoms with van der Waals surface area (Å²) in [4.78, 5) is 4.08. The van der Waals surface area contributed by atoms with E-state index in [1.807, 2.05) is 0 Å². The van der Waals surface area contributed by atoms with Crippen molar-refractivity contribution >= 4 is 11.6 Å².